The normalized spacial score (nSPS) is 21.9. The van der Waals surface area contributed by atoms with Crippen molar-refractivity contribution in [2.45, 2.75) is 64.5 Å². The lowest BCUT2D eigenvalue weighted by Crippen LogP contribution is -2.52. The van der Waals surface area contributed by atoms with E-state index in [0.29, 0.717) is 6.54 Å². The van der Waals surface area contributed by atoms with Crippen molar-refractivity contribution >= 4 is 5.91 Å². The van der Waals surface area contributed by atoms with Crippen LogP contribution < -0.4 is 11.1 Å². The zero-order valence-electron chi connectivity index (χ0n) is 11.3. The third-order valence-electron chi connectivity index (χ3n) is 3.59. The zero-order chi connectivity index (χ0) is 13.1. The van der Waals surface area contributed by atoms with Crippen LogP contribution in [0.3, 0.4) is 0 Å². The first-order valence-electron chi connectivity index (χ1n) is 6.50. The lowest BCUT2D eigenvalue weighted by molar-refractivity contribution is -0.126. The molecule has 0 aromatic rings. The average Bonchev–Trinajstić information content (AvgIpc) is 2.25. The first kappa shape index (κ1) is 14.5. The number of carbonyl (C=O) groups is 1. The van der Waals surface area contributed by atoms with Gasteiger partial charge in [0.15, 0.2) is 0 Å². The van der Waals surface area contributed by atoms with E-state index >= 15 is 0 Å². The summed E-state index contributed by atoms with van der Waals surface area (Å²) >= 11 is 0. The third-order valence-corrected chi connectivity index (χ3v) is 3.59. The predicted octanol–water partition coefficient (Wildman–Crippen LogP) is 1.17. The fourth-order valence-electron chi connectivity index (χ4n) is 2.14. The highest BCUT2D eigenvalue weighted by Gasteiger charge is 2.32. The smallest absolute Gasteiger partial charge is 0.237 e. The summed E-state index contributed by atoms with van der Waals surface area (Å²) < 4.78 is 0. The molecule has 1 unspecified atom stereocenters. The Morgan fingerprint density at radius 1 is 1.35 bits per heavy atom. The van der Waals surface area contributed by atoms with Gasteiger partial charge in [-0.3, -0.25) is 4.79 Å². The van der Waals surface area contributed by atoms with Crippen LogP contribution in [0, 0.1) is 5.41 Å². The first-order chi connectivity index (χ1) is 7.75. The largest absolute Gasteiger partial charge is 0.388 e. The van der Waals surface area contributed by atoms with Gasteiger partial charge in [-0.15, -0.1) is 0 Å². The SMILES string of the molecule is CC(C)(C)C(N)C(=O)NCC1(O)CCCCC1. The van der Waals surface area contributed by atoms with Crippen LogP contribution in [0.4, 0.5) is 0 Å². The fourth-order valence-corrected chi connectivity index (χ4v) is 2.14. The van der Waals surface area contributed by atoms with Gasteiger partial charge >= 0.3 is 0 Å². The molecule has 1 aliphatic rings. The quantitative estimate of drug-likeness (QED) is 0.695. The second-order valence-corrected chi connectivity index (χ2v) is 6.35. The van der Waals surface area contributed by atoms with Crippen molar-refractivity contribution in [1.29, 1.82) is 0 Å². The van der Waals surface area contributed by atoms with Crippen LogP contribution in [-0.4, -0.2) is 29.2 Å². The highest BCUT2D eigenvalue weighted by molar-refractivity contribution is 5.82. The molecule has 1 amide bonds. The Balaban J connectivity index is 2.42. The molecule has 100 valence electrons. The summed E-state index contributed by atoms with van der Waals surface area (Å²) in [6, 6.07) is -0.533. The molecular formula is C13H26N2O2. The van der Waals surface area contributed by atoms with Gasteiger partial charge in [0.05, 0.1) is 11.6 Å². The van der Waals surface area contributed by atoms with Gasteiger partial charge in [0.1, 0.15) is 0 Å². The molecule has 4 heteroatoms. The van der Waals surface area contributed by atoms with Gasteiger partial charge in [0, 0.05) is 6.54 Å². The average molecular weight is 242 g/mol. The Morgan fingerprint density at radius 3 is 2.35 bits per heavy atom. The lowest BCUT2D eigenvalue weighted by Gasteiger charge is -2.33. The van der Waals surface area contributed by atoms with Crippen molar-refractivity contribution in [2.24, 2.45) is 11.1 Å². The van der Waals surface area contributed by atoms with Crippen LogP contribution >= 0.6 is 0 Å². The van der Waals surface area contributed by atoms with Crippen molar-refractivity contribution in [3.05, 3.63) is 0 Å². The lowest BCUT2D eigenvalue weighted by atomic mass is 9.84. The van der Waals surface area contributed by atoms with Gasteiger partial charge in [-0.25, -0.2) is 0 Å². The standard InChI is InChI=1S/C13H26N2O2/c1-12(2,3)10(14)11(16)15-9-13(17)7-5-4-6-8-13/h10,17H,4-9,14H2,1-3H3,(H,15,16). The Labute approximate surface area is 104 Å². The minimum atomic E-state index is -0.717. The van der Waals surface area contributed by atoms with Crippen molar-refractivity contribution < 1.29 is 9.90 Å². The second kappa shape index (κ2) is 5.36. The van der Waals surface area contributed by atoms with Gasteiger partial charge in [0.25, 0.3) is 0 Å². The van der Waals surface area contributed by atoms with Crippen LogP contribution in [0.5, 0.6) is 0 Å². The molecule has 17 heavy (non-hydrogen) atoms. The number of hydrogen-bond donors (Lipinski definition) is 3. The highest BCUT2D eigenvalue weighted by Crippen LogP contribution is 2.27. The predicted molar refractivity (Wildman–Crippen MR) is 68.5 cm³/mol. The molecule has 4 nitrogen and oxygen atoms in total. The molecular weight excluding hydrogens is 216 g/mol. The van der Waals surface area contributed by atoms with E-state index in [1.807, 2.05) is 20.8 Å². The molecule has 0 aromatic carbocycles. The van der Waals surface area contributed by atoms with E-state index < -0.39 is 11.6 Å². The molecule has 1 atom stereocenters. The van der Waals surface area contributed by atoms with Crippen LogP contribution in [-0.2, 0) is 4.79 Å². The summed E-state index contributed by atoms with van der Waals surface area (Å²) in [5, 5.41) is 13.0. The third kappa shape index (κ3) is 4.28. The van der Waals surface area contributed by atoms with Gasteiger partial charge in [-0.05, 0) is 18.3 Å². The summed E-state index contributed by atoms with van der Waals surface area (Å²) in [6.07, 6.45) is 4.81. The van der Waals surface area contributed by atoms with Crippen LogP contribution in [0.2, 0.25) is 0 Å². The van der Waals surface area contributed by atoms with Crippen molar-refractivity contribution in [3.63, 3.8) is 0 Å². The maximum absolute atomic E-state index is 11.8. The molecule has 0 radical (unpaired) electrons. The maximum Gasteiger partial charge on any atom is 0.237 e. The zero-order valence-corrected chi connectivity index (χ0v) is 11.3. The Bertz CT molecular complexity index is 265. The van der Waals surface area contributed by atoms with E-state index in [0.717, 1.165) is 25.7 Å². The van der Waals surface area contributed by atoms with Gasteiger partial charge in [-0.1, -0.05) is 40.0 Å². The first-order valence-corrected chi connectivity index (χ1v) is 6.50. The van der Waals surface area contributed by atoms with E-state index in [1.54, 1.807) is 0 Å². The number of rotatable bonds is 3. The van der Waals surface area contributed by atoms with Gasteiger partial charge in [0.2, 0.25) is 5.91 Å². The molecule has 0 bridgehead atoms. The molecule has 1 saturated carbocycles. The molecule has 0 aliphatic heterocycles. The van der Waals surface area contributed by atoms with Crippen LogP contribution in [0.1, 0.15) is 52.9 Å². The Kier molecular flexibility index (Phi) is 4.55. The summed E-state index contributed by atoms with van der Waals surface area (Å²) in [4.78, 5) is 11.8. The van der Waals surface area contributed by atoms with Crippen LogP contribution in [0.15, 0.2) is 0 Å². The molecule has 1 fully saturated rings. The second-order valence-electron chi connectivity index (χ2n) is 6.35. The Hall–Kier alpha value is -0.610. The fraction of sp³-hybridized carbons (Fsp3) is 0.923. The molecule has 0 heterocycles. The summed E-state index contributed by atoms with van der Waals surface area (Å²) in [5.41, 5.74) is 4.89. The maximum atomic E-state index is 11.8. The molecule has 0 spiro atoms. The summed E-state index contributed by atoms with van der Waals surface area (Å²) in [5.74, 6) is -0.170. The number of amides is 1. The highest BCUT2D eigenvalue weighted by atomic mass is 16.3. The van der Waals surface area contributed by atoms with Crippen molar-refractivity contribution in [1.82, 2.24) is 5.32 Å². The monoisotopic (exact) mass is 242 g/mol. The van der Waals surface area contributed by atoms with E-state index in [4.69, 9.17) is 5.73 Å². The van der Waals surface area contributed by atoms with Crippen LogP contribution in [0.25, 0.3) is 0 Å². The molecule has 1 aliphatic carbocycles. The number of hydrogen-bond acceptors (Lipinski definition) is 3. The summed E-state index contributed by atoms with van der Waals surface area (Å²) in [6.45, 7) is 6.14. The number of aliphatic hydroxyl groups is 1. The van der Waals surface area contributed by atoms with Crippen molar-refractivity contribution in [2.75, 3.05) is 6.54 Å². The van der Waals surface area contributed by atoms with E-state index in [-0.39, 0.29) is 11.3 Å². The van der Waals surface area contributed by atoms with Gasteiger partial charge in [-0.2, -0.15) is 0 Å². The summed E-state index contributed by atoms with van der Waals surface area (Å²) in [7, 11) is 0. The number of nitrogens with one attached hydrogen (secondary N) is 1. The number of carbonyl (C=O) groups excluding carboxylic acids is 1. The topological polar surface area (TPSA) is 75.4 Å². The van der Waals surface area contributed by atoms with E-state index in [2.05, 4.69) is 5.32 Å². The Morgan fingerprint density at radius 2 is 1.88 bits per heavy atom. The molecule has 0 aromatic heterocycles. The molecule has 0 saturated heterocycles. The van der Waals surface area contributed by atoms with Gasteiger partial charge < -0.3 is 16.2 Å². The molecule has 4 N–H and O–H groups in total. The molecule has 1 rings (SSSR count). The van der Waals surface area contributed by atoms with Crippen molar-refractivity contribution in [3.8, 4) is 0 Å². The minimum Gasteiger partial charge on any atom is -0.388 e. The van der Waals surface area contributed by atoms with E-state index in [1.165, 1.54) is 6.42 Å². The van der Waals surface area contributed by atoms with E-state index in [9.17, 15) is 9.90 Å². The minimum absolute atomic E-state index is 0.170. The number of nitrogens with two attached hydrogens (primary N) is 1.